The van der Waals surface area contributed by atoms with Gasteiger partial charge in [0.2, 0.25) is 0 Å². The zero-order chi connectivity index (χ0) is 12.8. The van der Waals surface area contributed by atoms with E-state index in [-0.39, 0.29) is 0 Å². The minimum absolute atomic E-state index is 0.338. The summed E-state index contributed by atoms with van der Waals surface area (Å²) in [5.74, 6) is 0.417. The normalized spacial score (nSPS) is 11.5. The molecule has 0 saturated carbocycles. The number of hydrogen-bond acceptors (Lipinski definition) is 6. The quantitative estimate of drug-likeness (QED) is 0.512. The summed E-state index contributed by atoms with van der Waals surface area (Å²) >= 11 is 0. The fourth-order valence-electron chi connectivity index (χ4n) is 1.46. The van der Waals surface area contributed by atoms with Gasteiger partial charge in [-0.25, -0.2) is 15.4 Å². The van der Waals surface area contributed by atoms with Gasteiger partial charge in [0.05, 0.1) is 6.61 Å². The van der Waals surface area contributed by atoms with Crippen LogP contribution in [0, 0.1) is 6.92 Å². The van der Waals surface area contributed by atoms with Crippen LogP contribution in [-0.4, -0.2) is 33.7 Å². The van der Waals surface area contributed by atoms with Gasteiger partial charge in [-0.15, -0.1) is 0 Å². The lowest BCUT2D eigenvalue weighted by molar-refractivity contribution is 0.209. The zero-order valence-electron chi connectivity index (χ0n) is 10.1. The maximum Gasteiger partial charge on any atom is 0.488 e. The van der Waals surface area contributed by atoms with Crippen molar-refractivity contribution in [2.45, 2.75) is 20.8 Å². The number of nitrogens with one attached hydrogen (secondary N) is 1. The van der Waals surface area contributed by atoms with Gasteiger partial charge in [-0.3, -0.25) is 4.84 Å². The molecule has 0 aliphatic rings. The van der Waals surface area contributed by atoms with Crippen molar-refractivity contribution in [3.63, 3.8) is 0 Å². The minimum Gasteiger partial charge on any atom is -0.423 e. The van der Waals surface area contributed by atoms with Gasteiger partial charge in [0.15, 0.2) is 5.82 Å². The van der Waals surface area contributed by atoms with E-state index in [2.05, 4.69) is 15.4 Å². The molecule has 1 aromatic rings. The molecular weight excluding hydrogens is 221 g/mol. The fraction of sp³-hybridized carbons (Fsp3) is 0.400. The van der Waals surface area contributed by atoms with Gasteiger partial charge in [-0.05, 0) is 26.2 Å². The summed E-state index contributed by atoms with van der Waals surface area (Å²) < 4.78 is 0. The Balaban J connectivity index is 3.19. The first-order valence-corrected chi connectivity index (χ1v) is 5.33. The van der Waals surface area contributed by atoms with Gasteiger partial charge < -0.3 is 10.0 Å². The first kappa shape index (κ1) is 13.6. The summed E-state index contributed by atoms with van der Waals surface area (Å²) in [6.45, 7) is 5.78. The molecule has 6 nitrogen and oxygen atoms in total. The summed E-state index contributed by atoms with van der Waals surface area (Å²) in [5.41, 5.74) is 4.18. The number of rotatable bonds is 5. The van der Waals surface area contributed by atoms with Crippen LogP contribution in [0.5, 0.6) is 0 Å². The van der Waals surface area contributed by atoms with Crippen molar-refractivity contribution in [3.8, 4) is 0 Å². The fourth-order valence-corrected chi connectivity index (χ4v) is 1.46. The van der Waals surface area contributed by atoms with Crippen LogP contribution in [0.1, 0.15) is 25.1 Å². The molecule has 3 N–H and O–H groups in total. The molecule has 0 bridgehead atoms. The second-order valence-corrected chi connectivity index (χ2v) is 3.34. The highest BCUT2D eigenvalue weighted by atomic mass is 16.6. The summed E-state index contributed by atoms with van der Waals surface area (Å²) in [6.07, 6.45) is 2.99. The Labute approximate surface area is 100 Å². The lowest BCUT2D eigenvalue weighted by atomic mass is 9.74. The van der Waals surface area contributed by atoms with E-state index in [1.165, 1.54) is 6.33 Å². The molecule has 0 amide bonds. The van der Waals surface area contributed by atoms with Gasteiger partial charge in [0.25, 0.3) is 0 Å². The zero-order valence-corrected chi connectivity index (χ0v) is 10.1. The van der Waals surface area contributed by atoms with Crippen LogP contribution >= 0.6 is 0 Å². The molecule has 0 spiro atoms. The molecule has 0 atom stereocenters. The third kappa shape index (κ3) is 3.26. The Bertz CT molecular complexity index is 410. The number of hydrogen-bond donors (Lipinski definition) is 3. The molecule has 0 aliphatic heterocycles. The van der Waals surface area contributed by atoms with Crippen LogP contribution in [0.15, 0.2) is 12.4 Å². The van der Waals surface area contributed by atoms with Crippen molar-refractivity contribution in [3.05, 3.63) is 23.7 Å². The molecule has 1 heterocycles. The van der Waals surface area contributed by atoms with Crippen molar-refractivity contribution in [2.75, 3.05) is 12.1 Å². The maximum atomic E-state index is 9.30. The third-order valence-corrected chi connectivity index (χ3v) is 2.23. The van der Waals surface area contributed by atoms with Crippen LogP contribution in [0.3, 0.4) is 0 Å². The van der Waals surface area contributed by atoms with E-state index >= 15 is 0 Å². The van der Waals surface area contributed by atoms with Crippen molar-refractivity contribution >= 4 is 18.4 Å². The first-order valence-electron chi connectivity index (χ1n) is 5.33. The monoisotopic (exact) mass is 237 g/mol. The summed E-state index contributed by atoms with van der Waals surface area (Å²) in [5, 5.41) is 18.6. The molecule has 0 aliphatic carbocycles. The van der Waals surface area contributed by atoms with E-state index in [9.17, 15) is 10.0 Å². The van der Waals surface area contributed by atoms with E-state index in [0.717, 1.165) is 0 Å². The van der Waals surface area contributed by atoms with Crippen molar-refractivity contribution in [1.29, 1.82) is 0 Å². The largest absolute Gasteiger partial charge is 0.488 e. The lowest BCUT2D eigenvalue weighted by Crippen LogP contribution is -2.18. The Morgan fingerprint density at radius 2 is 2.24 bits per heavy atom. The predicted molar refractivity (Wildman–Crippen MR) is 65.9 cm³/mol. The van der Waals surface area contributed by atoms with Crippen LogP contribution in [0.25, 0.3) is 5.47 Å². The number of aryl methyl sites for hydroxylation is 1. The number of nitrogens with zero attached hydrogens (tertiary/aromatic N) is 2. The molecule has 1 aromatic heterocycles. The van der Waals surface area contributed by atoms with E-state index in [4.69, 9.17) is 4.84 Å². The predicted octanol–water partition coefficient (Wildman–Crippen LogP) is 0.564. The van der Waals surface area contributed by atoms with E-state index < -0.39 is 7.12 Å². The molecule has 0 radical (unpaired) electrons. The molecule has 92 valence electrons. The SMILES string of the molecule is C/C=C(/B(O)O)c1c(C)ncnc1NOCC. The topological polar surface area (TPSA) is 87.5 Å². The molecule has 0 aromatic carbocycles. The summed E-state index contributed by atoms with van der Waals surface area (Å²) in [4.78, 5) is 13.1. The highest BCUT2D eigenvalue weighted by molar-refractivity contribution is 6.66. The second kappa shape index (κ2) is 6.34. The molecular formula is C10H16BN3O3. The van der Waals surface area contributed by atoms with Gasteiger partial charge in [-0.2, -0.15) is 0 Å². The van der Waals surface area contributed by atoms with Crippen molar-refractivity contribution in [1.82, 2.24) is 9.97 Å². The number of allylic oxidation sites excluding steroid dienone is 1. The lowest BCUT2D eigenvalue weighted by Gasteiger charge is -2.14. The molecule has 1 rings (SSSR count). The minimum atomic E-state index is -1.58. The number of anilines is 1. The third-order valence-electron chi connectivity index (χ3n) is 2.23. The highest BCUT2D eigenvalue weighted by Crippen LogP contribution is 2.24. The Morgan fingerprint density at radius 1 is 1.53 bits per heavy atom. The van der Waals surface area contributed by atoms with E-state index in [1.807, 2.05) is 6.92 Å². The molecule has 7 heteroatoms. The van der Waals surface area contributed by atoms with Crippen LogP contribution in [0.2, 0.25) is 0 Å². The average Bonchev–Trinajstić information content (AvgIpc) is 2.29. The van der Waals surface area contributed by atoms with Crippen molar-refractivity contribution < 1.29 is 14.9 Å². The van der Waals surface area contributed by atoms with E-state index in [1.54, 1.807) is 19.9 Å². The maximum absolute atomic E-state index is 9.30. The van der Waals surface area contributed by atoms with Crippen LogP contribution in [0.4, 0.5) is 5.82 Å². The molecule has 0 fully saturated rings. The summed E-state index contributed by atoms with van der Waals surface area (Å²) in [6, 6.07) is 0. The number of aromatic nitrogens is 2. The van der Waals surface area contributed by atoms with Gasteiger partial charge >= 0.3 is 7.12 Å². The first-order chi connectivity index (χ1) is 8.11. The second-order valence-electron chi connectivity index (χ2n) is 3.34. The van der Waals surface area contributed by atoms with Crippen LogP contribution in [-0.2, 0) is 4.84 Å². The Morgan fingerprint density at radius 3 is 2.76 bits per heavy atom. The standard InChI is InChI=1S/C10H16BN3O3/c1-4-8(11(15)16)9-7(3)12-6-13-10(9)14-17-5-2/h4,6,15-16H,5H2,1-3H3,(H,12,13,14)/b8-4+. The van der Waals surface area contributed by atoms with Crippen LogP contribution < -0.4 is 5.48 Å². The molecule has 0 saturated heterocycles. The van der Waals surface area contributed by atoms with E-state index in [0.29, 0.717) is 29.2 Å². The van der Waals surface area contributed by atoms with Crippen molar-refractivity contribution in [2.24, 2.45) is 0 Å². The van der Waals surface area contributed by atoms with Gasteiger partial charge in [-0.1, -0.05) is 6.08 Å². The molecule has 0 unspecified atom stereocenters. The van der Waals surface area contributed by atoms with Gasteiger partial charge in [0, 0.05) is 11.3 Å². The highest BCUT2D eigenvalue weighted by Gasteiger charge is 2.22. The van der Waals surface area contributed by atoms with Gasteiger partial charge in [0.1, 0.15) is 6.33 Å². The Hall–Kier alpha value is -1.44. The molecule has 17 heavy (non-hydrogen) atoms. The average molecular weight is 237 g/mol. The summed E-state index contributed by atoms with van der Waals surface area (Å²) in [7, 11) is -1.58. The smallest absolute Gasteiger partial charge is 0.423 e. The Kier molecular flexibility index (Phi) is 5.08.